The molecular weight excluding hydrogens is 266 g/mol. The Morgan fingerprint density at radius 1 is 1.44 bits per heavy atom. The van der Waals surface area contributed by atoms with Crippen molar-refractivity contribution in [2.45, 2.75) is 20.3 Å². The molecule has 0 fully saturated rings. The van der Waals surface area contributed by atoms with E-state index in [0.29, 0.717) is 6.42 Å². The highest BCUT2D eigenvalue weighted by Crippen LogP contribution is 2.06. The molecule has 0 aliphatic carbocycles. The van der Waals surface area contributed by atoms with Crippen LogP contribution in [-0.2, 0) is 11.2 Å². The maximum absolute atomic E-state index is 12.0. The summed E-state index contributed by atoms with van der Waals surface area (Å²) in [6.45, 7) is 5.61. The van der Waals surface area contributed by atoms with E-state index in [2.05, 4.69) is 22.0 Å². The Labute approximate surface area is 106 Å². The molecule has 0 aliphatic heterocycles. The van der Waals surface area contributed by atoms with Crippen LogP contribution in [0.1, 0.15) is 18.1 Å². The van der Waals surface area contributed by atoms with E-state index in [4.69, 9.17) is 0 Å². The van der Waals surface area contributed by atoms with E-state index in [1.165, 1.54) is 5.56 Å². The second-order valence-electron chi connectivity index (χ2n) is 3.83. The zero-order chi connectivity index (χ0) is 12.0. The van der Waals surface area contributed by atoms with Crippen LogP contribution in [0.25, 0.3) is 0 Å². The molecule has 0 aliphatic rings. The van der Waals surface area contributed by atoms with Gasteiger partial charge in [-0.15, -0.1) is 0 Å². The predicted molar refractivity (Wildman–Crippen MR) is 70.9 cm³/mol. The molecular formula is C13H18BrNO. The van der Waals surface area contributed by atoms with Gasteiger partial charge in [-0.2, -0.15) is 0 Å². The van der Waals surface area contributed by atoms with Gasteiger partial charge in [-0.3, -0.25) is 4.79 Å². The zero-order valence-electron chi connectivity index (χ0n) is 9.87. The largest absolute Gasteiger partial charge is 0.342 e. The first kappa shape index (κ1) is 13.2. The molecule has 2 nitrogen and oxygen atoms in total. The minimum atomic E-state index is 0.201. The molecule has 0 N–H and O–H groups in total. The zero-order valence-corrected chi connectivity index (χ0v) is 11.5. The van der Waals surface area contributed by atoms with Crippen LogP contribution in [-0.4, -0.2) is 29.2 Å². The van der Waals surface area contributed by atoms with Crippen LogP contribution in [0.3, 0.4) is 0 Å². The van der Waals surface area contributed by atoms with Crippen LogP contribution in [0, 0.1) is 6.92 Å². The van der Waals surface area contributed by atoms with Crippen molar-refractivity contribution in [3.8, 4) is 0 Å². The van der Waals surface area contributed by atoms with Gasteiger partial charge in [0.2, 0.25) is 5.91 Å². The summed E-state index contributed by atoms with van der Waals surface area (Å²) in [5.74, 6) is 0.201. The van der Waals surface area contributed by atoms with Gasteiger partial charge in [0.05, 0.1) is 6.42 Å². The van der Waals surface area contributed by atoms with Gasteiger partial charge in [0.1, 0.15) is 0 Å². The summed E-state index contributed by atoms with van der Waals surface area (Å²) in [6.07, 6.45) is 0.502. The van der Waals surface area contributed by atoms with Crippen LogP contribution < -0.4 is 0 Å². The molecule has 0 bridgehead atoms. The fraction of sp³-hybridized carbons (Fsp3) is 0.462. The average molecular weight is 284 g/mol. The first-order valence-corrected chi connectivity index (χ1v) is 6.68. The molecule has 1 aromatic rings. The lowest BCUT2D eigenvalue weighted by atomic mass is 10.1. The van der Waals surface area contributed by atoms with Crippen molar-refractivity contribution in [1.82, 2.24) is 4.90 Å². The van der Waals surface area contributed by atoms with Crippen LogP contribution >= 0.6 is 15.9 Å². The van der Waals surface area contributed by atoms with Crippen LogP contribution in [0.5, 0.6) is 0 Å². The SMILES string of the molecule is CCN(CCBr)C(=O)Cc1cccc(C)c1. The van der Waals surface area contributed by atoms with Gasteiger partial charge in [-0.05, 0) is 19.4 Å². The van der Waals surface area contributed by atoms with Crippen molar-refractivity contribution >= 4 is 21.8 Å². The number of hydrogen-bond acceptors (Lipinski definition) is 1. The van der Waals surface area contributed by atoms with E-state index in [1.54, 1.807) is 0 Å². The van der Waals surface area contributed by atoms with Gasteiger partial charge in [-0.1, -0.05) is 45.8 Å². The maximum Gasteiger partial charge on any atom is 0.227 e. The highest BCUT2D eigenvalue weighted by Gasteiger charge is 2.11. The lowest BCUT2D eigenvalue weighted by Crippen LogP contribution is -2.33. The molecule has 3 heteroatoms. The van der Waals surface area contributed by atoms with E-state index in [0.717, 1.165) is 24.0 Å². The van der Waals surface area contributed by atoms with Gasteiger partial charge in [0.15, 0.2) is 0 Å². The monoisotopic (exact) mass is 283 g/mol. The van der Waals surface area contributed by atoms with E-state index in [-0.39, 0.29) is 5.91 Å². The number of carbonyl (C=O) groups is 1. The molecule has 1 rings (SSSR count). The molecule has 1 aromatic carbocycles. The Balaban J connectivity index is 2.62. The summed E-state index contributed by atoms with van der Waals surface area (Å²) in [5, 5.41) is 0.834. The summed E-state index contributed by atoms with van der Waals surface area (Å²) in [7, 11) is 0. The molecule has 0 unspecified atom stereocenters. The standard InChI is InChI=1S/C13H18BrNO/c1-3-15(8-7-14)13(16)10-12-6-4-5-11(2)9-12/h4-6,9H,3,7-8,10H2,1-2H3. The number of likely N-dealkylation sites (N-methyl/N-ethyl adjacent to an activating group) is 1. The summed E-state index contributed by atoms with van der Waals surface area (Å²) < 4.78 is 0. The fourth-order valence-corrected chi connectivity index (χ4v) is 2.10. The summed E-state index contributed by atoms with van der Waals surface area (Å²) in [5.41, 5.74) is 2.30. The average Bonchev–Trinajstić information content (AvgIpc) is 2.25. The third kappa shape index (κ3) is 3.97. The van der Waals surface area contributed by atoms with Gasteiger partial charge in [0, 0.05) is 18.4 Å². The van der Waals surface area contributed by atoms with Crippen molar-refractivity contribution in [2.75, 3.05) is 18.4 Å². The van der Waals surface area contributed by atoms with Gasteiger partial charge >= 0.3 is 0 Å². The Hall–Kier alpha value is -0.830. The maximum atomic E-state index is 12.0. The molecule has 16 heavy (non-hydrogen) atoms. The molecule has 0 aromatic heterocycles. The second kappa shape index (κ2) is 6.69. The van der Waals surface area contributed by atoms with Crippen molar-refractivity contribution in [3.05, 3.63) is 35.4 Å². The van der Waals surface area contributed by atoms with E-state index >= 15 is 0 Å². The number of rotatable bonds is 5. The van der Waals surface area contributed by atoms with Crippen molar-refractivity contribution < 1.29 is 4.79 Å². The normalized spacial score (nSPS) is 10.2. The predicted octanol–water partition coefficient (Wildman–Crippen LogP) is 2.78. The Morgan fingerprint density at radius 2 is 2.19 bits per heavy atom. The van der Waals surface area contributed by atoms with E-state index in [1.807, 2.05) is 36.9 Å². The first-order valence-electron chi connectivity index (χ1n) is 5.56. The smallest absolute Gasteiger partial charge is 0.227 e. The Morgan fingerprint density at radius 3 is 2.75 bits per heavy atom. The first-order chi connectivity index (χ1) is 7.67. The molecule has 1 amide bonds. The highest BCUT2D eigenvalue weighted by molar-refractivity contribution is 9.09. The van der Waals surface area contributed by atoms with Gasteiger partial charge in [-0.25, -0.2) is 0 Å². The summed E-state index contributed by atoms with van der Waals surface area (Å²) >= 11 is 3.36. The number of halogens is 1. The fourth-order valence-electron chi connectivity index (χ4n) is 1.67. The second-order valence-corrected chi connectivity index (χ2v) is 4.62. The topological polar surface area (TPSA) is 20.3 Å². The molecule has 0 heterocycles. The number of aryl methyl sites for hydroxylation is 1. The van der Waals surface area contributed by atoms with E-state index < -0.39 is 0 Å². The molecule has 0 radical (unpaired) electrons. The molecule has 88 valence electrons. The van der Waals surface area contributed by atoms with Crippen molar-refractivity contribution in [3.63, 3.8) is 0 Å². The number of hydrogen-bond donors (Lipinski definition) is 0. The molecule has 0 atom stereocenters. The lowest BCUT2D eigenvalue weighted by Gasteiger charge is -2.19. The number of carbonyl (C=O) groups excluding carboxylic acids is 1. The van der Waals surface area contributed by atoms with Crippen LogP contribution in [0.15, 0.2) is 24.3 Å². The lowest BCUT2D eigenvalue weighted by molar-refractivity contribution is -0.130. The quantitative estimate of drug-likeness (QED) is 0.761. The molecule has 0 saturated carbocycles. The van der Waals surface area contributed by atoms with Gasteiger partial charge in [0.25, 0.3) is 0 Å². The van der Waals surface area contributed by atoms with Crippen LogP contribution in [0.4, 0.5) is 0 Å². The minimum absolute atomic E-state index is 0.201. The summed E-state index contributed by atoms with van der Waals surface area (Å²) in [6, 6.07) is 8.12. The Bertz CT molecular complexity index is 352. The minimum Gasteiger partial charge on any atom is -0.342 e. The van der Waals surface area contributed by atoms with Crippen molar-refractivity contribution in [1.29, 1.82) is 0 Å². The van der Waals surface area contributed by atoms with E-state index in [9.17, 15) is 4.79 Å². The van der Waals surface area contributed by atoms with Crippen LogP contribution in [0.2, 0.25) is 0 Å². The number of alkyl halides is 1. The number of amides is 1. The number of nitrogens with zero attached hydrogens (tertiary/aromatic N) is 1. The highest BCUT2D eigenvalue weighted by atomic mass is 79.9. The molecule has 0 spiro atoms. The molecule has 0 saturated heterocycles. The number of benzene rings is 1. The van der Waals surface area contributed by atoms with Gasteiger partial charge < -0.3 is 4.90 Å². The third-order valence-electron chi connectivity index (χ3n) is 2.53. The van der Waals surface area contributed by atoms with Crippen molar-refractivity contribution in [2.24, 2.45) is 0 Å². The third-order valence-corrected chi connectivity index (χ3v) is 2.88. The Kier molecular flexibility index (Phi) is 5.53. The summed E-state index contributed by atoms with van der Waals surface area (Å²) in [4.78, 5) is 13.8.